The van der Waals surface area contributed by atoms with Crippen LogP contribution in [0.5, 0.6) is 0 Å². The number of hydrogen-bond donors (Lipinski definition) is 1. The Kier molecular flexibility index (Phi) is 5.57. The van der Waals surface area contributed by atoms with E-state index >= 15 is 0 Å². The van der Waals surface area contributed by atoms with E-state index in [1.807, 2.05) is 24.4 Å². The minimum atomic E-state index is 0.624. The minimum Gasteiger partial charge on any atom is -0.382 e. The number of benzene rings is 1. The largest absolute Gasteiger partial charge is 0.382 e. The summed E-state index contributed by atoms with van der Waals surface area (Å²) in [5.74, 6) is 0. The molecule has 1 aromatic carbocycles. The van der Waals surface area contributed by atoms with Crippen molar-refractivity contribution in [2.75, 3.05) is 38.8 Å². The zero-order chi connectivity index (χ0) is 13.5. The third kappa shape index (κ3) is 4.16. The van der Waals surface area contributed by atoms with Crippen molar-refractivity contribution in [1.29, 1.82) is 0 Å². The summed E-state index contributed by atoms with van der Waals surface area (Å²) in [5.41, 5.74) is 2.00. The van der Waals surface area contributed by atoms with Gasteiger partial charge in [0.05, 0.1) is 31.0 Å². The van der Waals surface area contributed by atoms with Crippen LogP contribution in [0.2, 0.25) is 0 Å². The highest BCUT2D eigenvalue weighted by Crippen LogP contribution is 2.23. The molecule has 0 spiro atoms. The second-order valence-electron chi connectivity index (χ2n) is 4.06. The average molecular weight is 325 g/mol. The number of halogens is 1. The highest BCUT2D eigenvalue weighted by Gasteiger charge is 2.02. The van der Waals surface area contributed by atoms with Crippen molar-refractivity contribution < 1.29 is 9.47 Å². The minimum absolute atomic E-state index is 0.624. The summed E-state index contributed by atoms with van der Waals surface area (Å²) in [5, 5.41) is 4.45. The van der Waals surface area contributed by atoms with E-state index in [0.717, 1.165) is 27.6 Å². The predicted molar refractivity (Wildman–Crippen MR) is 80.6 cm³/mol. The van der Waals surface area contributed by atoms with Crippen molar-refractivity contribution >= 4 is 32.5 Å². The van der Waals surface area contributed by atoms with E-state index in [2.05, 4.69) is 32.3 Å². The summed E-state index contributed by atoms with van der Waals surface area (Å²) in [4.78, 5) is 4.44. The molecule has 0 fully saturated rings. The lowest BCUT2D eigenvalue weighted by molar-refractivity contribution is 0.0759. The number of hydrogen-bond acceptors (Lipinski definition) is 4. The zero-order valence-electron chi connectivity index (χ0n) is 10.9. The summed E-state index contributed by atoms with van der Waals surface area (Å²) < 4.78 is 11.3. The number of rotatable bonds is 7. The normalized spacial score (nSPS) is 10.8. The molecule has 0 atom stereocenters. The molecule has 2 rings (SSSR count). The summed E-state index contributed by atoms with van der Waals surface area (Å²) in [7, 11) is 1.67. The molecule has 0 aliphatic heterocycles. The van der Waals surface area contributed by atoms with Gasteiger partial charge in [-0.25, -0.2) is 0 Å². The van der Waals surface area contributed by atoms with E-state index in [1.165, 1.54) is 0 Å². The Balaban J connectivity index is 1.93. The van der Waals surface area contributed by atoms with Gasteiger partial charge in [0.2, 0.25) is 0 Å². The molecule has 0 amide bonds. The van der Waals surface area contributed by atoms with Crippen LogP contribution in [0.3, 0.4) is 0 Å². The Morgan fingerprint density at radius 3 is 3.00 bits per heavy atom. The summed E-state index contributed by atoms with van der Waals surface area (Å²) >= 11 is 3.43. The van der Waals surface area contributed by atoms with Crippen LogP contribution < -0.4 is 5.32 Å². The summed E-state index contributed by atoms with van der Waals surface area (Å²) in [6.45, 7) is 2.65. The highest BCUT2D eigenvalue weighted by atomic mass is 79.9. The van der Waals surface area contributed by atoms with Gasteiger partial charge in [0.15, 0.2) is 0 Å². The molecule has 0 bridgehead atoms. The first-order valence-electron chi connectivity index (χ1n) is 6.16. The van der Waals surface area contributed by atoms with E-state index in [-0.39, 0.29) is 0 Å². The SMILES string of the molecule is COCCOCCNc1cccc2cc(Br)cnc12. The molecule has 19 heavy (non-hydrogen) atoms. The molecule has 0 unspecified atom stereocenters. The van der Waals surface area contributed by atoms with E-state index in [9.17, 15) is 0 Å². The number of pyridine rings is 1. The average Bonchev–Trinajstić information content (AvgIpc) is 2.42. The van der Waals surface area contributed by atoms with E-state index in [4.69, 9.17) is 9.47 Å². The molecule has 4 nitrogen and oxygen atoms in total. The van der Waals surface area contributed by atoms with Gasteiger partial charge in [-0.1, -0.05) is 12.1 Å². The number of nitrogens with one attached hydrogen (secondary N) is 1. The van der Waals surface area contributed by atoms with Crippen molar-refractivity contribution in [2.45, 2.75) is 0 Å². The molecule has 0 radical (unpaired) electrons. The predicted octanol–water partition coefficient (Wildman–Crippen LogP) is 3.07. The van der Waals surface area contributed by atoms with Crippen LogP contribution in [0.1, 0.15) is 0 Å². The lowest BCUT2D eigenvalue weighted by Gasteiger charge is -2.09. The third-order valence-corrected chi connectivity index (χ3v) is 3.10. The van der Waals surface area contributed by atoms with Crippen molar-refractivity contribution in [3.63, 3.8) is 0 Å². The number of aromatic nitrogens is 1. The quantitative estimate of drug-likeness (QED) is 0.795. The molecule has 1 aromatic heterocycles. The van der Waals surface area contributed by atoms with Crippen LogP contribution >= 0.6 is 15.9 Å². The van der Waals surface area contributed by atoms with Gasteiger partial charge in [-0.3, -0.25) is 4.98 Å². The van der Waals surface area contributed by atoms with E-state index < -0.39 is 0 Å². The van der Waals surface area contributed by atoms with Gasteiger partial charge in [-0.15, -0.1) is 0 Å². The topological polar surface area (TPSA) is 43.4 Å². The van der Waals surface area contributed by atoms with Crippen LogP contribution in [-0.2, 0) is 9.47 Å². The van der Waals surface area contributed by atoms with Gasteiger partial charge in [0.1, 0.15) is 0 Å². The Morgan fingerprint density at radius 1 is 1.26 bits per heavy atom. The van der Waals surface area contributed by atoms with Gasteiger partial charge >= 0.3 is 0 Å². The second kappa shape index (κ2) is 7.43. The molecule has 0 saturated heterocycles. The molecular formula is C14H17BrN2O2. The molecule has 1 N–H and O–H groups in total. The fourth-order valence-electron chi connectivity index (χ4n) is 1.78. The Hall–Kier alpha value is -1.17. The molecule has 5 heteroatoms. The van der Waals surface area contributed by atoms with Crippen LogP contribution in [-0.4, -0.2) is 38.5 Å². The zero-order valence-corrected chi connectivity index (χ0v) is 12.4. The van der Waals surface area contributed by atoms with E-state index in [1.54, 1.807) is 7.11 Å². The smallest absolute Gasteiger partial charge is 0.0934 e. The first-order chi connectivity index (χ1) is 9.31. The number of anilines is 1. The number of para-hydroxylation sites is 1. The van der Waals surface area contributed by atoms with Gasteiger partial charge < -0.3 is 14.8 Å². The second-order valence-corrected chi connectivity index (χ2v) is 4.98. The van der Waals surface area contributed by atoms with Crippen molar-refractivity contribution in [3.05, 3.63) is 34.9 Å². The Labute approximate surface area is 121 Å². The van der Waals surface area contributed by atoms with Crippen LogP contribution in [0, 0.1) is 0 Å². The maximum absolute atomic E-state index is 5.41. The number of methoxy groups -OCH3 is 1. The van der Waals surface area contributed by atoms with Crippen molar-refractivity contribution in [3.8, 4) is 0 Å². The Morgan fingerprint density at radius 2 is 2.16 bits per heavy atom. The molecule has 2 aromatic rings. The molecule has 0 aliphatic carbocycles. The molecular weight excluding hydrogens is 308 g/mol. The first kappa shape index (κ1) is 14.2. The van der Waals surface area contributed by atoms with Gasteiger partial charge in [-0.2, -0.15) is 0 Å². The third-order valence-electron chi connectivity index (χ3n) is 2.67. The lowest BCUT2D eigenvalue weighted by Crippen LogP contribution is -2.12. The van der Waals surface area contributed by atoms with Crippen LogP contribution in [0.15, 0.2) is 34.9 Å². The molecule has 102 valence electrons. The van der Waals surface area contributed by atoms with Crippen LogP contribution in [0.25, 0.3) is 10.9 Å². The fourth-order valence-corrected chi connectivity index (χ4v) is 2.13. The summed E-state index contributed by atoms with van der Waals surface area (Å²) in [6.07, 6.45) is 1.81. The molecule has 0 saturated carbocycles. The highest BCUT2D eigenvalue weighted by molar-refractivity contribution is 9.10. The maximum atomic E-state index is 5.41. The summed E-state index contributed by atoms with van der Waals surface area (Å²) in [6, 6.07) is 8.15. The van der Waals surface area contributed by atoms with Crippen molar-refractivity contribution in [2.24, 2.45) is 0 Å². The van der Waals surface area contributed by atoms with Crippen LogP contribution in [0.4, 0.5) is 5.69 Å². The van der Waals surface area contributed by atoms with E-state index in [0.29, 0.717) is 19.8 Å². The van der Waals surface area contributed by atoms with Gasteiger partial charge in [0, 0.05) is 29.7 Å². The molecule has 1 heterocycles. The number of fused-ring (bicyclic) bond motifs is 1. The maximum Gasteiger partial charge on any atom is 0.0934 e. The molecule has 0 aliphatic rings. The monoisotopic (exact) mass is 324 g/mol. The number of nitrogens with zero attached hydrogens (tertiary/aromatic N) is 1. The van der Waals surface area contributed by atoms with Crippen molar-refractivity contribution in [1.82, 2.24) is 4.98 Å². The number of ether oxygens (including phenoxy) is 2. The first-order valence-corrected chi connectivity index (χ1v) is 6.95. The lowest BCUT2D eigenvalue weighted by atomic mass is 10.2. The standard InChI is InChI=1S/C14H17BrN2O2/c1-18-7-8-19-6-5-16-13-4-2-3-11-9-12(15)10-17-14(11)13/h2-4,9-10,16H,5-8H2,1H3. The Bertz CT molecular complexity index is 534. The van der Waals surface area contributed by atoms with Gasteiger partial charge in [-0.05, 0) is 28.1 Å². The fraction of sp³-hybridized carbons (Fsp3) is 0.357. The van der Waals surface area contributed by atoms with Gasteiger partial charge in [0.25, 0.3) is 0 Å².